The van der Waals surface area contributed by atoms with Crippen molar-refractivity contribution in [2.75, 3.05) is 5.32 Å². The number of anilines is 1. The van der Waals surface area contributed by atoms with Crippen molar-refractivity contribution in [2.24, 2.45) is 0 Å². The molecule has 0 saturated carbocycles. The molecular weight excluding hydrogens is 448 g/mol. The van der Waals surface area contributed by atoms with Gasteiger partial charge in [-0.1, -0.05) is 48.5 Å². The number of hydrogen-bond donors (Lipinski definition) is 3. The maximum atomic E-state index is 13.9. The van der Waals surface area contributed by atoms with Gasteiger partial charge in [0.2, 0.25) is 5.91 Å². The molecule has 0 aliphatic carbocycles. The summed E-state index contributed by atoms with van der Waals surface area (Å²) in [6, 6.07) is 18.9. The van der Waals surface area contributed by atoms with Crippen molar-refractivity contribution in [3.8, 4) is 11.1 Å². The van der Waals surface area contributed by atoms with Crippen LogP contribution in [0.4, 0.5) is 14.5 Å². The predicted molar refractivity (Wildman–Crippen MR) is 120 cm³/mol. The van der Waals surface area contributed by atoms with Crippen molar-refractivity contribution in [3.63, 3.8) is 0 Å². The number of halogens is 3. The minimum atomic E-state index is -0.467. The fourth-order valence-corrected chi connectivity index (χ4v) is 3.78. The standard InChI is InChI=1S/C25H21F2N3O2.ClH/c26-17-11-9-15(10-12-17)23-19-6-2-4-8-21(19)29-25(32)24(23)30-22(31)14-18(28)13-16-5-1-3-7-20(16)27;/h1-12,18H,13-14,28H2,(H,29,32)(H,30,31);1H/t18-;/m1./s1. The summed E-state index contributed by atoms with van der Waals surface area (Å²) in [7, 11) is 0. The number of H-pyrrole nitrogens is 1. The Labute approximate surface area is 195 Å². The van der Waals surface area contributed by atoms with E-state index in [4.69, 9.17) is 0 Å². The van der Waals surface area contributed by atoms with Crippen LogP contribution in [-0.2, 0) is 11.2 Å². The molecule has 1 aromatic heterocycles. The van der Waals surface area contributed by atoms with Crippen LogP contribution in [0.25, 0.3) is 22.0 Å². The molecule has 0 aliphatic heterocycles. The summed E-state index contributed by atoms with van der Waals surface area (Å²) >= 11 is 0. The number of rotatable bonds is 6. The molecule has 1 heterocycles. The quantitative estimate of drug-likeness (QED) is 0.387. The van der Waals surface area contributed by atoms with Crippen molar-refractivity contribution in [2.45, 2.75) is 18.9 Å². The van der Waals surface area contributed by atoms with E-state index in [1.165, 1.54) is 18.2 Å². The van der Waals surface area contributed by atoms with Gasteiger partial charge in [0.05, 0.1) is 12.5 Å². The molecule has 1 atom stereocenters. The number of hydrogen-bond acceptors (Lipinski definition) is 2. The van der Waals surface area contributed by atoms with Gasteiger partial charge in [0, 0.05) is 22.9 Å². The molecule has 4 aromatic rings. The van der Waals surface area contributed by atoms with Gasteiger partial charge in [0.1, 0.15) is 17.3 Å². The molecule has 0 fully saturated rings. The van der Waals surface area contributed by atoms with Crippen molar-refractivity contribution in [1.82, 2.24) is 4.98 Å². The first kappa shape index (κ1) is 24.1. The smallest absolute Gasteiger partial charge is 0.272 e. The molecule has 33 heavy (non-hydrogen) atoms. The van der Waals surface area contributed by atoms with Crippen molar-refractivity contribution < 1.29 is 31.7 Å². The molecule has 170 valence electrons. The van der Waals surface area contributed by atoms with Crippen LogP contribution in [0.5, 0.6) is 0 Å². The molecular formula is C25H22ClF2N3O2. The first-order chi connectivity index (χ1) is 15.4. The fourth-order valence-electron chi connectivity index (χ4n) is 3.78. The first-order valence-corrected chi connectivity index (χ1v) is 10.2. The van der Waals surface area contributed by atoms with Gasteiger partial charge in [0.15, 0.2) is 0 Å². The second kappa shape index (κ2) is 10.4. The molecule has 3 aromatic carbocycles. The average molecular weight is 470 g/mol. The number of benzene rings is 3. The fraction of sp³-hybridized carbons (Fsp3) is 0.120. The normalized spacial score (nSPS) is 11.6. The van der Waals surface area contributed by atoms with Crippen molar-refractivity contribution in [3.05, 3.63) is 100 Å². The highest BCUT2D eigenvalue weighted by atomic mass is 35.5. The summed E-state index contributed by atoms with van der Waals surface area (Å²) < 4.78 is 27.4. The van der Waals surface area contributed by atoms with Gasteiger partial charge in [-0.2, -0.15) is 0 Å². The average Bonchev–Trinajstić information content (AvgIpc) is 2.76. The summed E-state index contributed by atoms with van der Waals surface area (Å²) in [5.41, 5.74) is 5.77. The van der Waals surface area contributed by atoms with Crippen LogP contribution in [-0.4, -0.2) is 16.9 Å². The van der Waals surface area contributed by atoms with Crippen LogP contribution in [0.1, 0.15) is 12.0 Å². The predicted octanol–water partition coefficient (Wildman–Crippen LogP) is 0.659. The summed E-state index contributed by atoms with van der Waals surface area (Å²) in [6.45, 7) is 0. The number of quaternary nitrogens is 1. The largest absolute Gasteiger partial charge is 1.00 e. The summed E-state index contributed by atoms with van der Waals surface area (Å²) in [5, 5.41) is 3.42. The minimum Gasteiger partial charge on any atom is -1.00 e. The third-order valence-electron chi connectivity index (χ3n) is 5.26. The monoisotopic (exact) mass is 469 g/mol. The number of nitrogens with one attached hydrogen (secondary N) is 2. The lowest BCUT2D eigenvalue weighted by molar-refractivity contribution is -0.417. The number of fused-ring (bicyclic) bond motifs is 1. The Morgan fingerprint density at radius 2 is 1.64 bits per heavy atom. The molecule has 0 spiro atoms. The van der Waals surface area contributed by atoms with Crippen LogP contribution in [0, 0.1) is 11.6 Å². The zero-order chi connectivity index (χ0) is 22.7. The topological polar surface area (TPSA) is 89.6 Å². The number of carbonyl (C=O) groups excluding carboxylic acids is 1. The molecule has 1 amide bonds. The van der Waals surface area contributed by atoms with Crippen LogP contribution in [0.2, 0.25) is 0 Å². The van der Waals surface area contributed by atoms with Crippen LogP contribution >= 0.6 is 0 Å². The summed E-state index contributed by atoms with van der Waals surface area (Å²) in [5.74, 6) is -1.15. The van der Waals surface area contributed by atoms with E-state index in [1.807, 2.05) is 12.1 Å². The second-order valence-corrected chi connectivity index (χ2v) is 7.67. The van der Waals surface area contributed by atoms with Gasteiger partial charge in [-0.25, -0.2) is 8.78 Å². The minimum absolute atomic E-state index is 0. The second-order valence-electron chi connectivity index (χ2n) is 7.67. The molecule has 0 aliphatic rings. The van der Waals surface area contributed by atoms with Gasteiger partial charge in [-0.05, 0) is 35.4 Å². The lowest BCUT2D eigenvalue weighted by Gasteiger charge is -2.15. The van der Waals surface area contributed by atoms with E-state index in [-0.39, 0.29) is 36.4 Å². The number of pyridine rings is 1. The van der Waals surface area contributed by atoms with Gasteiger partial charge in [0.25, 0.3) is 5.56 Å². The van der Waals surface area contributed by atoms with Gasteiger partial charge < -0.3 is 28.4 Å². The Bertz CT molecular complexity index is 1340. The van der Waals surface area contributed by atoms with E-state index in [1.54, 1.807) is 42.5 Å². The Hall–Kier alpha value is -3.55. The first-order valence-electron chi connectivity index (χ1n) is 10.2. The highest BCUT2D eigenvalue weighted by molar-refractivity contribution is 6.05. The summed E-state index contributed by atoms with van der Waals surface area (Å²) in [4.78, 5) is 28.4. The van der Waals surface area contributed by atoms with Gasteiger partial charge in [-0.15, -0.1) is 0 Å². The number of para-hydroxylation sites is 1. The Morgan fingerprint density at radius 3 is 2.36 bits per heavy atom. The Balaban J connectivity index is 0.00000306. The van der Waals surface area contributed by atoms with Crippen LogP contribution in [0.3, 0.4) is 0 Å². The van der Waals surface area contributed by atoms with E-state index in [0.29, 0.717) is 34.0 Å². The van der Waals surface area contributed by atoms with Crippen molar-refractivity contribution in [1.29, 1.82) is 0 Å². The van der Waals surface area contributed by atoms with E-state index in [9.17, 15) is 18.4 Å². The number of aromatic nitrogens is 1. The SMILES string of the molecule is [Cl-].[NH3+][C@@H](CC(=O)Nc1c(-c2ccc(F)cc2)c2ccccc2[nH]c1=O)Cc1ccccc1F. The zero-order valence-electron chi connectivity index (χ0n) is 17.6. The van der Waals surface area contributed by atoms with E-state index < -0.39 is 17.3 Å². The highest BCUT2D eigenvalue weighted by Gasteiger charge is 2.20. The lowest BCUT2D eigenvalue weighted by atomic mass is 9.99. The molecule has 0 radical (unpaired) electrons. The molecule has 0 saturated heterocycles. The molecule has 5 N–H and O–H groups in total. The van der Waals surface area contributed by atoms with Crippen LogP contribution in [0.15, 0.2) is 77.6 Å². The molecule has 5 nitrogen and oxygen atoms in total. The van der Waals surface area contributed by atoms with Crippen molar-refractivity contribution >= 4 is 22.5 Å². The molecule has 8 heteroatoms. The molecule has 0 bridgehead atoms. The van der Waals surface area contributed by atoms with Gasteiger partial charge >= 0.3 is 0 Å². The zero-order valence-corrected chi connectivity index (χ0v) is 18.3. The van der Waals surface area contributed by atoms with E-state index >= 15 is 0 Å². The molecule has 4 rings (SSSR count). The highest BCUT2D eigenvalue weighted by Crippen LogP contribution is 2.32. The lowest BCUT2D eigenvalue weighted by Crippen LogP contribution is -3.00. The number of aromatic amines is 1. The molecule has 0 unspecified atom stereocenters. The van der Waals surface area contributed by atoms with Crippen LogP contribution < -0.4 is 29.0 Å². The number of amides is 1. The van der Waals surface area contributed by atoms with Gasteiger partial charge in [-0.3, -0.25) is 9.59 Å². The Morgan fingerprint density at radius 1 is 0.970 bits per heavy atom. The van der Waals surface area contributed by atoms with E-state index in [2.05, 4.69) is 16.0 Å². The third kappa shape index (κ3) is 5.45. The Kier molecular flexibility index (Phi) is 7.58. The number of carbonyl (C=O) groups is 1. The summed E-state index contributed by atoms with van der Waals surface area (Å²) in [6.07, 6.45) is 0.294. The third-order valence-corrected chi connectivity index (χ3v) is 5.26. The maximum Gasteiger partial charge on any atom is 0.272 e. The van der Waals surface area contributed by atoms with E-state index in [0.717, 1.165) is 0 Å². The maximum absolute atomic E-state index is 13.9.